The molecular weight excluding hydrogens is 516 g/mol. The fraction of sp³-hybridized carbons (Fsp3) is 0.485. The van der Waals surface area contributed by atoms with Crippen molar-refractivity contribution in [3.8, 4) is 6.01 Å². The molecule has 6 nitrogen and oxygen atoms in total. The first-order chi connectivity index (χ1) is 19.6. The molecule has 1 amide bonds. The van der Waals surface area contributed by atoms with Gasteiger partial charge in [-0.15, -0.1) is 5.10 Å². The minimum atomic E-state index is -0.243. The molecule has 212 valence electrons. The number of carbonyl (C=O) groups excluding carboxylic acids is 1. The number of unbranched alkanes of at least 4 members (excludes halogenated alkanes) is 3. The van der Waals surface area contributed by atoms with E-state index in [1.807, 2.05) is 29.7 Å². The van der Waals surface area contributed by atoms with Crippen molar-refractivity contribution in [3.63, 3.8) is 0 Å². The van der Waals surface area contributed by atoms with E-state index >= 15 is 0 Å². The Balaban J connectivity index is 1.69. The van der Waals surface area contributed by atoms with Crippen molar-refractivity contribution >= 4 is 29.1 Å². The third kappa shape index (κ3) is 5.99. The highest BCUT2D eigenvalue weighted by Crippen LogP contribution is 2.53. The lowest BCUT2D eigenvalue weighted by Crippen LogP contribution is -2.39. The van der Waals surface area contributed by atoms with E-state index in [0.29, 0.717) is 12.6 Å². The molecule has 40 heavy (non-hydrogen) atoms. The van der Waals surface area contributed by atoms with Gasteiger partial charge in [0.25, 0.3) is 5.91 Å². The molecule has 1 saturated carbocycles. The summed E-state index contributed by atoms with van der Waals surface area (Å²) < 4.78 is 8.13. The number of carbonyl (C=O) groups is 1. The molecule has 1 N–H and O–H groups in total. The van der Waals surface area contributed by atoms with Gasteiger partial charge in [0.2, 0.25) is 0 Å². The molecule has 0 aliphatic heterocycles. The number of rotatable bonds is 11. The van der Waals surface area contributed by atoms with Gasteiger partial charge in [-0.25, -0.2) is 4.57 Å². The van der Waals surface area contributed by atoms with Crippen LogP contribution in [-0.2, 0) is 11.2 Å². The van der Waals surface area contributed by atoms with Gasteiger partial charge < -0.3 is 10.1 Å². The number of nitrogens with one attached hydrogen (secondary N) is 1. The zero-order valence-electron chi connectivity index (χ0n) is 24.2. The van der Waals surface area contributed by atoms with Crippen LogP contribution in [0.2, 0.25) is 0 Å². The summed E-state index contributed by atoms with van der Waals surface area (Å²) >= 11 is 1.71. The molecule has 2 aliphatic rings. The standard InChI is InChI=1S/C33H42N4O2S/c1-4-6-7-13-21-40-32-36-35-31(39-5-2)37(32)29-27-18-10-9-16-25(27)23-33(19-11-8-12-20-33)28(29)30(38)34-26-17-14-15-24(3)22-26/h9-10,14-18,22H,4-8,11-13,19-21,23H2,1-3H3,(H,34,38). The number of aryl methyl sites for hydroxylation is 1. The maximum absolute atomic E-state index is 14.5. The molecule has 0 saturated heterocycles. The number of hydrogen-bond donors (Lipinski definition) is 1. The van der Waals surface area contributed by atoms with Crippen LogP contribution in [0.15, 0.2) is 59.3 Å². The molecule has 2 aliphatic carbocycles. The van der Waals surface area contributed by atoms with Gasteiger partial charge in [0.1, 0.15) is 0 Å². The van der Waals surface area contributed by atoms with Crippen molar-refractivity contribution in [2.75, 3.05) is 17.7 Å². The first-order valence-corrected chi connectivity index (χ1v) is 16.0. The number of nitrogens with zero attached hydrogens (tertiary/aromatic N) is 3. The van der Waals surface area contributed by atoms with Gasteiger partial charge in [-0.1, -0.05) is 98.7 Å². The SMILES string of the molecule is CCCCCCSc1nnc(OCC)n1C1=C(C(=O)Nc2cccc(C)c2)C2(CCCCC2)Cc2ccccc21. The lowest BCUT2D eigenvalue weighted by atomic mass is 9.61. The highest BCUT2D eigenvalue weighted by atomic mass is 32.2. The van der Waals surface area contributed by atoms with Crippen LogP contribution in [-0.4, -0.2) is 33.0 Å². The van der Waals surface area contributed by atoms with Crippen molar-refractivity contribution in [3.05, 3.63) is 70.8 Å². The molecule has 1 aromatic heterocycles. The number of amides is 1. The van der Waals surface area contributed by atoms with E-state index in [-0.39, 0.29) is 11.3 Å². The summed E-state index contributed by atoms with van der Waals surface area (Å²) in [5, 5.41) is 13.2. The largest absolute Gasteiger partial charge is 0.464 e. The van der Waals surface area contributed by atoms with Crippen LogP contribution in [0, 0.1) is 12.3 Å². The van der Waals surface area contributed by atoms with Gasteiger partial charge in [-0.05, 0) is 62.8 Å². The predicted octanol–water partition coefficient (Wildman–Crippen LogP) is 8.06. The third-order valence-corrected chi connectivity index (χ3v) is 9.23. The molecule has 0 atom stereocenters. The molecule has 3 aromatic rings. The van der Waals surface area contributed by atoms with Crippen LogP contribution >= 0.6 is 11.8 Å². The summed E-state index contributed by atoms with van der Waals surface area (Å²) in [6.07, 6.45) is 11.1. The second-order valence-corrected chi connectivity index (χ2v) is 12.2. The lowest BCUT2D eigenvalue weighted by Gasteiger charge is -2.44. The summed E-state index contributed by atoms with van der Waals surface area (Å²) in [7, 11) is 0. The van der Waals surface area contributed by atoms with E-state index in [9.17, 15) is 4.79 Å². The highest BCUT2D eigenvalue weighted by Gasteiger charge is 2.46. The van der Waals surface area contributed by atoms with Crippen molar-refractivity contribution < 1.29 is 9.53 Å². The zero-order valence-corrected chi connectivity index (χ0v) is 25.0. The van der Waals surface area contributed by atoms with Crippen molar-refractivity contribution in [1.29, 1.82) is 0 Å². The molecule has 1 heterocycles. The first-order valence-electron chi connectivity index (χ1n) is 15.0. The summed E-state index contributed by atoms with van der Waals surface area (Å²) in [6.45, 7) is 6.73. The molecule has 1 fully saturated rings. The molecule has 0 bridgehead atoms. The average molecular weight is 559 g/mol. The topological polar surface area (TPSA) is 69.0 Å². The average Bonchev–Trinajstić information content (AvgIpc) is 3.34. The number of anilines is 1. The van der Waals surface area contributed by atoms with Crippen LogP contribution in [0.25, 0.3) is 5.70 Å². The summed E-state index contributed by atoms with van der Waals surface area (Å²) in [5.74, 6) is 0.918. The van der Waals surface area contributed by atoms with Gasteiger partial charge in [-0.3, -0.25) is 4.79 Å². The van der Waals surface area contributed by atoms with Crippen LogP contribution in [0.4, 0.5) is 5.69 Å². The highest BCUT2D eigenvalue weighted by molar-refractivity contribution is 7.99. The Morgan fingerprint density at radius 1 is 1.02 bits per heavy atom. The monoisotopic (exact) mass is 558 g/mol. The van der Waals surface area contributed by atoms with Crippen LogP contribution in [0.5, 0.6) is 6.01 Å². The van der Waals surface area contributed by atoms with Crippen molar-refractivity contribution in [1.82, 2.24) is 14.8 Å². The van der Waals surface area contributed by atoms with Gasteiger partial charge in [-0.2, -0.15) is 0 Å². The Hall–Kier alpha value is -3.06. The second-order valence-electron chi connectivity index (χ2n) is 11.2. The maximum Gasteiger partial charge on any atom is 0.322 e. The van der Waals surface area contributed by atoms with E-state index in [0.717, 1.165) is 77.5 Å². The van der Waals surface area contributed by atoms with E-state index in [2.05, 4.69) is 59.7 Å². The minimum Gasteiger partial charge on any atom is -0.464 e. The second kappa shape index (κ2) is 13.1. The van der Waals surface area contributed by atoms with E-state index in [4.69, 9.17) is 4.74 Å². The Kier molecular flexibility index (Phi) is 9.30. The Morgan fingerprint density at radius 3 is 2.62 bits per heavy atom. The molecule has 2 aromatic carbocycles. The number of fused-ring (bicyclic) bond motifs is 1. The summed E-state index contributed by atoms with van der Waals surface area (Å²) in [5.41, 5.74) is 5.78. The quantitative estimate of drug-likeness (QED) is 0.190. The third-order valence-electron chi connectivity index (χ3n) is 8.21. The smallest absolute Gasteiger partial charge is 0.322 e. The Bertz CT molecular complexity index is 1360. The van der Waals surface area contributed by atoms with Crippen molar-refractivity contribution in [2.45, 2.75) is 90.1 Å². The molecule has 0 unspecified atom stereocenters. The van der Waals surface area contributed by atoms with Gasteiger partial charge in [0.05, 0.1) is 12.3 Å². The van der Waals surface area contributed by atoms with E-state index < -0.39 is 0 Å². The predicted molar refractivity (Wildman–Crippen MR) is 164 cm³/mol. The van der Waals surface area contributed by atoms with Gasteiger partial charge in [0.15, 0.2) is 5.16 Å². The van der Waals surface area contributed by atoms with Crippen LogP contribution in [0.1, 0.15) is 88.3 Å². The summed E-state index contributed by atoms with van der Waals surface area (Å²) in [4.78, 5) is 14.5. The van der Waals surface area contributed by atoms with E-state index in [1.54, 1.807) is 11.8 Å². The normalized spacial score (nSPS) is 16.2. The maximum atomic E-state index is 14.5. The molecule has 1 spiro atoms. The lowest BCUT2D eigenvalue weighted by molar-refractivity contribution is -0.114. The number of hydrogen-bond acceptors (Lipinski definition) is 5. The van der Waals surface area contributed by atoms with E-state index in [1.165, 1.54) is 31.2 Å². The fourth-order valence-electron chi connectivity index (χ4n) is 6.35. The Morgan fingerprint density at radius 2 is 1.85 bits per heavy atom. The van der Waals surface area contributed by atoms with Crippen molar-refractivity contribution in [2.24, 2.45) is 5.41 Å². The zero-order chi connectivity index (χ0) is 28.0. The molecule has 0 radical (unpaired) electrons. The summed E-state index contributed by atoms with van der Waals surface area (Å²) in [6, 6.07) is 17.1. The number of thioether (sulfide) groups is 1. The molecule has 5 rings (SSSR count). The fourth-order valence-corrected chi connectivity index (χ4v) is 7.28. The number of benzene rings is 2. The number of ether oxygens (including phenoxy) is 1. The molecular formula is C33H42N4O2S. The first kappa shape index (κ1) is 28.5. The minimum absolute atomic E-state index is 0.0351. The van der Waals surface area contributed by atoms with Crippen LogP contribution < -0.4 is 10.1 Å². The van der Waals surface area contributed by atoms with Gasteiger partial charge in [0, 0.05) is 28.0 Å². The number of aromatic nitrogens is 3. The van der Waals surface area contributed by atoms with Crippen LogP contribution in [0.3, 0.4) is 0 Å². The molecule has 7 heteroatoms. The van der Waals surface area contributed by atoms with Gasteiger partial charge >= 0.3 is 6.01 Å². The Labute approximate surface area is 243 Å².